The van der Waals surface area contributed by atoms with Gasteiger partial charge in [-0.25, -0.2) is 0 Å². The minimum Gasteiger partial charge on any atom is -0.361 e. The van der Waals surface area contributed by atoms with E-state index < -0.39 is 0 Å². The molecule has 5 heteroatoms. The lowest BCUT2D eigenvalue weighted by Crippen LogP contribution is -2.45. The minimum atomic E-state index is 0.0768. The quantitative estimate of drug-likeness (QED) is 0.685. The Kier molecular flexibility index (Phi) is 7.03. The van der Waals surface area contributed by atoms with Crippen molar-refractivity contribution >= 4 is 23.2 Å². The smallest absolute Gasteiger partial charge is 0.241 e. The van der Waals surface area contributed by atoms with Gasteiger partial charge in [0.2, 0.25) is 5.91 Å². The summed E-state index contributed by atoms with van der Waals surface area (Å²) in [5, 5.41) is 6.45. The molecule has 0 aliphatic carbocycles. The van der Waals surface area contributed by atoms with Crippen LogP contribution < -0.4 is 10.6 Å². The number of nitrogens with one attached hydrogen (secondary N) is 2. The molecule has 88 valence electrons. The van der Waals surface area contributed by atoms with Crippen LogP contribution >= 0.6 is 12.2 Å². The van der Waals surface area contributed by atoms with Crippen molar-refractivity contribution in [2.75, 3.05) is 19.6 Å². The van der Waals surface area contributed by atoms with E-state index in [0.29, 0.717) is 5.11 Å². The molecule has 0 aliphatic rings. The number of carbonyl (C=O) groups is 1. The third-order valence-corrected chi connectivity index (χ3v) is 2.20. The van der Waals surface area contributed by atoms with Gasteiger partial charge in [-0.1, -0.05) is 0 Å². The second-order valence-corrected chi connectivity index (χ2v) is 3.96. The highest BCUT2D eigenvalue weighted by molar-refractivity contribution is 7.80. The predicted octanol–water partition coefficient (Wildman–Crippen LogP) is 0.727. The maximum Gasteiger partial charge on any atom is 0.241 e. The van der Waals surface area contributed by atoms with Gasteiger partial charge in [0, 0.05) is 19.1 Å². The summed E-state index contributed by atoms with van der Waals surface area (Å²) in [4.78, 5) is 13.3. The molecule has 0 rings (SSSR count). The number of hydrogen-bond donors (Lipinski definition) is 2. The Morgan fingerprint density at radius 2 is 1.87 bits per heavy atom. The minimum absolute atomic E-state index is 0.0768. The van der Waals surface area contributed by atoms with Gasteiger partial charge in [0.05, 0.1) is 6.54 Å². The molecule has 0 aromatic rings. The number of likely N-dealkylation sites (N-methyl/N-ethyl adjacent to an activating group) is 1. The number of rotatable bonds is 5. The number of thiocarbonyl (C=S) groups is 1. The molecule has 0 heterocycles. The molecule has 4 nitrogen and oxygen atoms in total. The van der Waals surface area contributed by atoms with Crippen LogP contribution in [0.4, 0.5) is 0 Å². The lowest BCUT2D eigenvalue weighted by molar-refractivity contribution is -0.129. The Bertz CT molecular complexity index is 215. The first kappa shape index (κ1) is 14.2. The van der Waals surface area contributed by atoms with Crippen LogP contribution in [0.3, 0.4) is 0 Å². The standard InChI is InChI=1S/C10H21N3OS/c1-5-13(6-2)9(14)7-11-10(15)12-8(3)4/h8H,5-7H2,1-4H3,(H2,11,12,15). The van der Waals surface area contributed by atoms with E-state index in [1.54, 1.807) is 4.90 Å². The summed E-state index contributed by atoms with van der Waals surface area (Å²) >= 11 is 5.01. The van der Waals surface area contributed by atoms with Crippen LogP contribution in [0.1, 0.15) is 27.7 Å². The molecular weight excluding hydrogens is 210 g/mol. The predicted molar refractivity (Wildman–Crippen MR) is 66.8 cm³/mol. The van der Waals surface area contributed by atoms with E-state index in [4.69, 9.17) is 12.2 Å². The molecule has 2 N–H and O–H groups in total. The highest BCUT2D eigenvalue weighted by atomic mass is 32.1. The van der Waals surface area contributed by atoms with Crippen molar-refractivity contribution in [1.29, 1.82) is 0 Å². The average Bonchev–Trinajstić information content (AvgIpc) is 2.15. The van der Waals surface area contributed by atoms with E-state index >= 15 is 0 Å². The van der Waals surface area contributed by atoms with Gasteiger partial charge in [0.25, 0.3) is 0 Å². The van der Waals surface area contributed by atoms with Crippen molar-refractivity contribution in [1.82, 2.24) is 15.5 Å². The second-order valence-electron chi connectivity index (χ2n) is 3.55. The third kappa shape index (κ3) is 6.28. The summed E-state index contributed by atoms with van der Waals surface area (Å²) in [6, 6.07) is 0.286. The topological polar surface area (TPSA) is 44.4 Å². The molecule has 1 amide bonds. The van der Waals surface area contributed by atoms with Crippen LogP contribution in [-0.2, 0) is 4.79 Å². The lowest BCUT2D eigenvalue weighted by atomic mass is 10.4. The highest BCUT2D eigenvalue weighted by Crippen LogP contribution is 1.87. The monoisotopic (exact) mass is 231 g/mol. The van der Waals surface area contributed by atoms with Crippen LogP contribution in [0.25, 0.3) is 0 Å². The molecule has 0 aromatic carbocycles. The van der Waals surface area contributed by atoms with Crippen molar-refractivity contribution in [2.24, 2.45) is 0 Å². The van der Waals surface area contributed by atoms with Crippen LogP contribution in [0.15, 0.2) is 0 Å². The van der Waals surface area contributed by atoms with Gasteiger partial charge < -0.3 is 15.5 Å². The van der Waals surface area contributed by atoms with E-state index in [1.807, 2.05) is 27.7 Å². The normalized spacial score (nSPS) is 9.93. The van der Waals surface area contributed by atoms with E-state index in [9.17, 15) is 4.79 Å². The summed E-state index contributed by atoms with van der Waals surface area (Å²) in [6.45, 7) is 9.67. The summed E-state index contributed by atoms with van der Waals surface area (Å²) in [5.41, 5.74) is 0. The number of amides is 1. The van der Waals surface area contributed by atoms with Crippen molar-refractivity contribution in [2.45, 2.75) is 33.7 Å². The van der Waals surface area contributed by atoms with E-state index in [1.165, 1.54) is 0 Å². The van der Waals surface area contributed by atoms with Crippen molar-refractivity contribution in [3.8, 4) is 0 Å². The van der Waals surface area contributed by atoms with Gasteiger partial charge in [-0.2, -0.15) is 0 Å². The largest absolute Gasteiger partial charge is 0.361 e. The Labute approximate surface area is 97.4 Å². The molecule has 0 atom stereocenters. The highest BCUT2D eigenvalue weighted by Gasteiger charge is 2.09. The first-order valence-electron chi connectivity index (χ1n) is 5.33. The van der Waals surface area contributed by atoms with Crippen LogP contribution in [-0.4, -0.2) is 41.6 Å². The van der Waals surface area contributed by atoms with E-state index in [0.717, 1.165) is 13.1 Å². The SMILES string of the molecule is CCN(CC)C(=O)CNC(=S)NC(C)C. The fourth-order valence-electron chi connectivity index (χ4n) is 1.16. The molecule has 0 aromatic heterocycles. The maximum atomic E-state index is 11.6. The number of nitrogens with zero attached hydrogens (tertiary/aromatic N) is 1. The molecule has 15 heavy (non-hydrogen) atoms. The maximum absolute atomic E-state index is 11.6. The van der Waals surface area contributed by atoms with Gasteiger partial charge in [0.15, 0.2) is 5.11 Å². The lowest BCUT2D eigenvalue weighted by Gasteiger charge is -2.20. The molecule has 0 aliphatic heterocycles. The summed E-state index contributed by atoms with van der Waals surface area (Å²) in [6.07, 6.45) is 0. The van der Waals surface area contributed by atoms with E-state index in [-0.39, 0.29) is 18.5 Å². The Hall–Kier alpha value is -0.840. The zero-order chi connectivity index (χ0) is 11.8. The van der Waals surface area contributed by atoms with Crippen molar-refractivity contribution in [3.05, 3.63) is 0 Å². The number of carbonyl (C=O) groups excluding carboxylic acids is 1. The average molecular weight is 231 g/mol. The molecule has 0 saturated carbocycles. The first-order valence-corrected chi connectivity index (χ1v) is 5.74. The zero-order valence-corrected chi connectivity index (χ0v) is 10.8. The van der Waals surface area contributed by atoms with Gasteiger partial charge in [-0.3, -0.25) is 4.79 Å². The molecule has 0 spiro atoms. The Morgan fingerprint density at radius 1 is 1.33 bits per heavy atom. The Morgan fingerprint density at radius 3 is 2.27 bits per heavy atom. The molecule has 0 radical (unpaired) electrons. The van der Waals surface area contributed by atoms with Gasteiger partial charge in [0.1, 0.15) is 0 Å². The third-order valence-electron chi connectivity index (χ3n) is 1.94. The van der Waals surface area contributed by atoms with Gasteiger partial charge >= 0.3 is 0 Å². The molecule has 0 bridgehead atoms. The first-order chi connectivity index (χ1) is 7.01. The van der Waals surface area contributed by atoms with Gasteiger partial charge in [-0.15, -0.1) is 0 Å². The second kappa shape index (κ2) is 7.45. The summed E-state index contributed by atoms with van der Waals surface area (Å²) in [7, 11) is 0. The molecule has 0 unspecified atom stereocenters. The summed E-state index contributed by atoms with van der Waals surface area (Å²) in [5.74, 6) is 0.0768. The molecular formula is C10H21N3OS. The Balaban J connectivity index is 3.84. The molecule has 0 saturated heterocycles. The number of hydrogen-bond acceptors (Lipinski definition) is 2. The summed E-state index contributed by atoms with van der Waals surface area (Å²) < 4.78 is 0. The fraction of sp³-hybridized carbons (Fsp3) is 0.800. The van der Waals surface area contributed by atoms with Gasteiger partial charge in [-0.05, 0) is 39.9 Å². The van der Waals surface area contributed by atoms with Crippen LogP contribution in [0.2, 0.25) is 0 Å². The van der Waals surface area contributed by atoms with Crippen molar-refractivity contribution in [3.63, 3.8) is 0 Å². The fourth-order valence-corrected chi connectivity index (χ4v) is 1.47. The van der Waals surface area contributed by atoms with Crippen LogP contribution in [0.5, 0.6) is 0 Å². The zero-order valence-electron chi connectivity index (χ0n) is 9.96. The van der Waals surface area contributed by atoms with Crippen LogP contribution in [0, 0.1) is 0 Å². The molecule has 0 fully saturated rings. The van der Waals surface area contributed by atoms with E-state index in [2.05, 4.69) is 10.6 Å². The van der Waals surface area contributed by atoms with Crippen molar-refractivity contribution < 1.29 is 4.79 Å².